The Balaban J connectivity index is 1.26. The predicted molar refractivity (Wildman–Crippen MR) is 150 cm³/mol. The number of thioether (sulfide) groups is 1. The van der Waals surface area contributed by atoms with Crippen LogP contribution < -0.4 is 15.0 Å². The minimum absolute atomic E-state index is 0.0112. The van der Waals surface area contributed by atoms with Crippen molar-refractivity contribution in [1.82, 2.24) is 10.3 Å². The molecule has 0 spiro atoms. The van der Waals surface area contributed by atoms with Crippen LogP contribution in [0.4, 0.5) is 10.2 Å². The number of pyridine rings is 1. The molecule has 2 aliphatic heterocycles. The summed E-state index contributed by atoms with van der Waals surface area (Å²) in [6.45, 7) is 1.74. The van der Waals surface area contributed by atoms with Gasteiger partial charge >= 0.3 is 0 Å². The van der Waals surface area contributed by atoms with Gasteiger partial charge in [-0.2, -0.15) is 11.8 Å². The lowest BCUT2D eigenvalue weighted by molar-refractivity contribution is -0.129. The zero-order chi connectivity index (χ0) is 27.4. The molecule has 0 radical (unpaired) electrons. The molecule has 1 aliphatic carbocycles. The second-order valence-corrected chi connectivity index (χ2v) is 12.1. The molecule has 3 heterocycles. The van der Waals surface area contributed by atoms with E-state index >= 15 is 0 Å². The third kappa shape index (κ3) is 6.45. The topological polar surface area (TPSA) is 88.6 Å². The van der Waals surface area contributed by atoms with Crippen molar-refractivity contribution in [3.8, 4) is 5.75 Å². The maximum atomic E-state index is 14.2. The van der Waals surface area contributed by atoms with Gasteiger partial charge in [-0.05, 0) is 87.5 Å². The number of fused-ring (bicyclic) bond motifs is 1. The van der Waals surface area contributed by atoms with Crippen LogP contribution in [0.2, 0.25) is 0 Å². The predicted octanol–water partition coefficient (Wildman–Crippen LogP) is 5.18. The van der Waals surface area contributed by atoms with Gasteiger partial charge in [0.25, 0.3) is 5.91 Å². The molecule has 2 unspecified atom stereocenters. The summed E-state index contributed by atoms with van der Waals surface area (Å²) in [6.07, 6.45) is 5.94. The van der Waals surface area contributed by atoms with E-state index in [0.717, 1.165) is 56.2 Å². The van der Waals surface area contributed by atoms with Gasteiger partial charge in [0.15, 0.2) is 11.9 Å². The van der Waals surface area contributed by atoms with Crippen LogP contribution >= 0.6 is 11.8 Å². The van der Waals surface area contributed by atoms with Gasteiger partial charge in [0.2, 0.25) is 5.91 Å². The summed E-state index contributed by atoms with van der Waals surface area (Å²) in [5.74, 6) is 1.85. The number of aromatic nitrogens is 1. The molecule has 208 valence electrons. The first kappa shape index (κ1) is 27.6. The first-order chi connectivity index (χ1) is 18.9. The molecule has 1 aromatic heterocycles. The molecule has 1 saturated carbocycles. The highest BCUT2D eigenvalue weighted by atomic mass is 32.2. The van der Waals surface area contributed by atoms with Crippen LogP contribution in [-0.2, 0) is 9.59 Å². The number of amides is 2. The maximum Gasteiger partial charge on any atom is 0.260 e. The van der Waals surface area contributed by atoms with Crippen molar-refractivity contribution in [3.05, 3.63) is 54.0 Å². The molecule has 2 aromatic rings. The van der Waals surface area contributed by atoms with E-state index in [2.05, 4.69) is 10.3 Å². The lowest BCUT2D eigenvalue weighted by atomic mass is 9.74. The number of hydrogen-bond donors (Lipinski definition) is 1. The fraction of sp³-hybridized carbons (Fsp3) is 0.533. The molecule has 1 aromatic carbocycles. The summed E-state index contributed by atoms with van der Waals surface area (Å²) in [6, 6.07) is 10.5. The van der Waals surface area contributed by atoms with Crippen LogP contribution in [0.3, 0.4) is 0 Å². The van der Waals surface area contributed by atoms with E-state index in [-0.39, 0.29) is 53.5 Å². The number of rotatable bonds is 6. The molecule has 0 bridgehead atoms. The Morgan fingerprint density at radius 1 is 1.08 bits per heavy atom. The van der Waals surface area contributed by atoms with Crippen molar-refractivity contribution in [1.29, 1.82) is 0 Å². The number of para-hydroxylation sites is 1. The molecule has 7 nitrogen and oxygen atoms in total. The quantitative estimate of drug-likeness (QED) is 0.530. The number of carbonyl (C=O) groups is 3. The third-order valence-electron chi connectivity index (χ3n) is 8.27. The molecule has 5 rings (SSSR count). The standard InChI is InChI=1S/C30H36FN3O4S/c1-19(38-24-5-3-2-4-6-24)29(36)33-22-9-7-20(8-10-22)25-11-12-27(35)26-17-21(31)18-32-28(26)34(30(25)37)23-13-15-39-16-14-23/h2-6,17-20,22-23,25H,7-16H2,1H3,(H,33,36). The normalized spacial score (nSPS) is 25.3. The van der Waals surface area contributed by atoms with E-state index in [4.69, 9.17) is 4.74 Å². The van der Waals surface area contributed by atoms with Crippen molar-refractivity contribution in [3.63, 3.8) is 0 Å². The second-order valence-electron chi connectivity index (χ2n) is 10.8. The van der Waals surface area contributed by atoms with Gasteiger partial charge in [0, 0.05) is 24.4 Å². The smallest absolute Gasteiger partial charge is 0.260 e. The number of ketones is 1. The fourth-order valence-corrected chi connectivity index (χ4v) is 7.21. The Kier molecular flexibility index (Phi) is 8.85. The number of ether oxygens (including phenoxy) is 1. The van der Waals surface area contributed by atoms with Gasteiger partial charge in [-0.15, -0.1) is 0 Å². The highest BCUT2D eigenvalue weighted by Gasteiger charge is 2.41. The van der Waals surface area contributed by atoms with Crippen LogP contribution in [0.1, 0.15) is 68.6 Å². The van der Waals surface area contributed by atoms with Crippen molar-refractivity contribution < 1.29 is 23.5 Å². The monoisotopic (exact) mass is 553 g/mol. The molecule has 2 amide bonds. The van der Waals surface area contributed by atoms with Gasteiger partial charge in [-0.1, -0.05) is 18.2 Å². The number of nitrogens with zero attached hydrogens (tertiary/aromatic N) is 2. The number of hydrogen-bond acceptors (Lipinski definition) is 6. The minimum Gasteiger partial charge on any atom is -0.481 e. The van der Waals surface area contributed by atoms with E-state index in [1.807, 2.05) is 42.1 Å². The summed E-state index contributed by atoms with van der Waals surface area (Å²) < 4.78 is 19.8. The summed E-state index contributed by atoms with van der Waals surface area (Å²) >= 11 is 1.86. The number of carbonyl (C=O) groups excluding carboxylic acids is 3. The van der Waals surface area contributed by atoms with E-state index in [9.17, 15) is 18.8 Å². The highest BCUT2D eigenvalue weighted by molar-refractivity contribution is 7.99. The van der Waals surface area contributed by atoms with Crippen LogP contribution in [0, 0.1) is 17.7 Å². The summed E-state index contributed by atoms with van der Waals surface area (Å²) in [7, 11) is 0. The van der Waals surface area contributed by atoms with Gasteiger partial charge in [-0.3, -0.25) is 19.3 Å². The molecule has 3 aliphatic rings. The third-order valence-corrected chi connectivity index (χ3v) is 9.32. The largest absolute Gasteiger partial charge is 0.481 e. The Morgan fingerprint density at radius 2 is 1.79 bits per heavy atom. The first-order valence-corrected chi connectivity index (χ1v) is 15.2. The lowest BCUT2D eigenvalue weighted by Gasteiger charge is -2.41. The first-order valence-electron chi connectivity index (χ1n) is 14.0. The lowest BCUT2D eigenvalue weighted by Crippen LogP contribution is -2.50. The fourth-order valence-electron chi connectivity index (χ4n) is 6.13. The van der Waals surface area contributed by atoms with Gasteiger partial charge in [-0.25, -0.2) is 9.37 Å². The van der Waals surface area contributed by atoms with E-state index in [0.29, 0.717) is 18.0 Å². The maximum absolute atomic E-state index is 14.2. The average Bonchev–Trinajstić information content (AvgIpc) is 2.95. The van der Waals surface area contributed by atoms with Gasteiger partial charge in [0.05, 0.1) is 11.8 Å². The molecule has 9 heteroatoms. The second kappa shape index (κ2) is 12.5. The molecule has 1 saturated heterocycles. The summed E-state index contributed by atoms with van der Waals surface area (Å²) in [4.78, 5) is 46.1. The zero-order valence-electron chi connectivity index (χ0n) is 22.3. The van der Waals surface area contributed by atoms with Crippen LogP contribution in [0.15, 0.2) is 42.6 Å². The number of nitrogens with one attached hydrogen (secondary N) is 1. The summed E-state index contributed by atoms with van der Waals surface area (Å²) in [5.41, 5.74) is 0.221. The molecule has 2 atom stereocenters. The van der Waals surface area contributed by atoms with Gasteiger partial charge in [0.1, 0.15) is 17.4 Å². The molecular weight excluding hydrogens is 517 g/mol. The zero-order valence-corrected chi connectivity index (χ0v) is 23.1. The Labute approximate surface area is 233 Å². The molecule has 2 fully saturated rings. The Hall–Kier alpha value is -2.94. The average molecular weight is 554 g/mol. The SMILES string of the molecule is CC(Oc1ccccc1)C(=O)NC1CCC(C2CCC(=O)c3cc(F)cnc3N(C3CCSCC3)C2=O)CC1. The van der Waals surface area contributed by atoms with Crippen LogP contribution in [0.25, 0.3) is 0 Å². The van der Waals surface area contributed by atoms with E-state index in [1.54, 1.807) is 11.8 Å². The Morgan fingerprint density at radius 3 is 2.51 bits per heavy atom. The number of Topliss-reactive ketones (excluding diaryl/α,β-unsaturated/α-hetero) is 1. The number of halogens is 1. The minimum atomic E-state index is -0.608. The van der Waals surface area contributed by atoms with Crippen molar-refractivity contribution in [2.45, 2.75) is 76.5 Å². The molecule has 39 heavy (non-hydrogen) atoms. The Bertz CT molecular complexity index is 1180. The van der Waals surface area contributed by atoms with Gasteiger partial charge < -0.3 is 10.1 Å². The van der Waals surface area contributed by atoms with Crippen LogP contribution in [-0.4, -0.2) is 52.3 Å². The van der Waals surface area contributed by atoms with Crippen LogP contribution in [0.5, 0.6) is 5.75 Å². The summed E-state index contributed by atoms with van der Waals surface area (Å²) in [5, 5.41) is 3.12. The number of benzene rings is 1. The highest BCUT2D eigenvalue weighted by Crippen LogP contribution is 2.39. The molecular formula is C30H36FN3O4S. The number of anilines is 1. The van der Waals surface area contributed by atoms with Crippen molar-refractivity contribution in [2.75, 3.05) is 16.4 Å². The van der Waals surface area contributed by atoms with Crippen molar-refractivity contribution in [2.24, 2.45) is 11.8 Å². The van der Waals surface area contributed by atoms with E-state index in [1.165, 1.54) is 6.07 Å². The van der Waals surface area contributed by atoms with Crippen molar-refractivity contribution >= 4 is 35.2 Å². The van der Waals surface area contributed by atoms with E-state index < -0.39 is 11.9 Å². The molecule has 1 N–H and O–H groups in total.